The molecule has 3 heteroatoms. The third-order valence-electron chi connectivity index (χ3n) is 2.87. The van der Waals surface area contributed by atoms with Crippen LogP contribution in [0.3, 0.4) is 0 Å². The van der Waals surface area contributed by atoms with Crippen molar-refractivity contribution in [1.82, 2.24) is 4.98 Å². The van der Waals surface area contributed by atoms with Crippen molar-refractivity contribution in [1.29, 1.82) is 0 Å². The van der Waals surface area contributed by atoms with Gasteiger partial charge in [0.05, 0.1) is 11.2 Å². The lowest BCUT2D eigenvalue weighted by molar-refractivity contribution is 0.114. The lowest BCUT2D eigenvalue weighted by Crippen LogP contribution is -2.26. The maximum atomic E-state index is 9.35. The quantitative estimate of drug-likeness (QED) is 0.790. The predicted molar refractivity (Wildman–Crippen MR) is 55.9 cm³/mol. The number of hydrogen-bond acceptors (Lipinski definition) is 3. The van der Waals surface area contributed by atoms with E-state index in [0.717, 1.165) is 25.0 Å². The average molecular weight is 199 g/mol. The molecule has 0 atom stereocenters. The molecule has 2 nitrogen and oxygen atoms in total. The Kier molecular flexibility index (Phi) is 3.88. The maximum absolute atomic E-state index is 9.35. The molecule has 0 amide bonds. The van der Waals surface area contributed by atoms with E-state index in [1.54, 1.807) is 11.3 Å². The molecule has 1 heterocycles. The molecule has 13 heavy (non-hydrogen) atoms. The van der Waals surface area contributed by atoms with Gasteiger partial charge in [-0.3, -0.25) is 0 Å². The van der Waals surface area contributed by atoms with Crippen molar-refractivity contribution in [2.75, 3.05) is 6.61 Å². The summed E-state index contributed by atoms with van der Waals surface area (Å²) in [6, 6.07) is 0. The standard InChI is InChI=1S/C10H17NOS/c1-3-10(4-2,7-12)5-9-6-13-8-11-9/h6,8,12H,3-5,7H2,1-2H3. The van der Waals surface area contributed by atoms with E-state index in [0.29, 0.717) is 0 Å². The Bertz CT molecular complexity index is 221. The van der Waals surface area contributed by atoms with E-state index < -0.39 is 0 Å². The predicted octanol–water partition coefficient (Wildman–Crippen LogP) is 2.48. The van der Waals surface area contributed by atoms with Gasteiger partial charge < -0.3 is 5.11 Å². The highest BCUT2D eigenvalue weighted by Crippen LogP contribution is 2.29. The molecule has 0 bridgehead atoms. The van der Waals surface area contributed by atoms with Crippen LogP contribution in [-0.4, -0.2) is 16.7 Å². The summed E-state index contributed by atoms with van der Waals surface area (Å²) in [5, 5.41) is 11.4. The zero-order valence-electron chi connectivity index (χ0n) is 8.29. The second-order valence-corrected chi connectivity index (χ2v) is 4.24. The summed E-state index contributed by atoms with van der Waals surface area (Å²) in [5.74, 6) is 0. The summed E-state index contributed by atoms with van der Waals surface area (Å²) in [4.78, 5) is 4.25. The van der Waals surface area contributed by atoms with Crippen molar-refractivity contribution >= 4 is 11.3 Å². The molecule has 1 rings (SSSR count). The first kappa shape index (κ1) is 10.7. The van der Waals surface area contributed by atoms with Crippen LogP contribution in [0.4, 0.5) is 0 Å². The van der Waals surface area contributed by atoms with Gasteiger partial charge in [-0.25, -0.2) is 4.98 Å². The number of hydrogen-bond donors (Lipinski definition) is 1. The van der Waals surface area contributed by atoms with Gasteiger partial charge in [0.2, 0.25) is 0 Å². The Balaban J connectivity index is 2.67. The zero-order chi connectivity index (χ0) is 9.73. The molecule has 0 aromatic carbocycles. The number of aliphatic hydroxyl groups excluding tert-OH is 1. The molecule has 0 radical (unpaired) electrons. The molecule has 1 aromatic heterocycles. The molecule has 1 N–H and O–H groups in total. The normalized spacial score (nSPS) is 11.9. The monoisotopic (exact) mass is 199 g/mol. The van der Waals surface area contributed by atoms with Crippen LogP contribution in [0.2, 0.25) is 0 Å². The molecule has 0 saturated heterocycles. The first-order valence-corrected chi connectivity index (χ1v) is 5.68. The van der Waals surface area contributed by atoms with E-state index in [4.69, 9.17) is 0 Å². The second kappa shape index (κ2) is 4.72. The van der Waals surface area contributed by atoms with Crippen LogP contribution in [0.25, 0.3) is 0 Å². The number of rotatable bonds is 5. The number of aromatic nitrogens is 1. The highest BCUT2D eigenvalue weighted by atomic mass is 32.1. The third-order valence-corrected chi connectivity index (χ3v) is 3.51. The van der Waals surface area contributed by atoms with Crippen LogP contribution in [0, 0.1) is 5.41 Å². The fourth-order valence-corrected chi connectivity index (χ4v) is 2.05. The van der Waals surface area contributed by atoms with Gasteiger partial charge in [-0.1, -0.05) is 13.8 Å². The molecule has 0 unspecified atom stereocenters. The topological polar surface area (TPSA) is 33.1 Å². The van der Waals surface area contributed by atoms with Crippen molar-refractivity contribution in [3.05, 3.63) is 16.6 Å². The lowest BCUT2D eigenvalue weighted by Gasteiger charge is -2.28. The highest BCUT2D eigenvalue weighted by molar-refractivity contribution is 7.07. The third kappa shape index (κ3) is 2.51. The summed E-state index contributed by atoms with van der Waals surface area (Å²) >= 11 is 1.62. The minimum absolute atomic E-state index is 0.0497. The van der Waals surface area contributed by atoms with Crippen LogP contribution >= 0.6 is 11.3 Å². The minimum Gasteiger partial charge on any atom is -0.396 e. The molecular weight excluding hydrogens is 182 g/mol. The molecule has 0 aliphatic carbocycles. The van der Waals surface area contributed by atoms with Gasteiger partial charge in [-0.15, -0.1) is 11.3 Å². The van der Waals surface area contributed by atoms with Gasteiger partial charge >= 0.3 is 0 Å². The van der Waals surface area contributed by atoms with Crippen molar-refractivity contribution in [2.24, 2.45) is 5.41 Å². The zero-order valence-corrected chi connectivity index (χ0v) is 9.10. The van der Waals surface area contributed by atoms with Gasteiger partial charge in [0.15, 0.2) is 0 Å². The van der Waals surface area contributed by atoms with Crippen molar-refractivity contribution in [3.8, 4) is 0 Å². The van der Waals surface area contributed by atoms with Crippen LogP contribution in [0.5, 0.6) is 0 Å². The van der Waals surface area contributed by atoms with E-state index >= 15 is 0 Å². The Morgan fingerprint density at radius 1 is 1.46 bits per heavy atom. The second-order valence-electron chi connectivity index (χ2n) is 3.52. The highest BCUT2D eigenvalue weighted by Gasteiger charge is 2.26. The van der Waals surface area contributed by atoms with E-state index in [-0.39, 0.29) is 12.0 Å². The molecular formula is C10H17NOS. The largest absolute Gasteiger partial charge is 0.396 e. The fourth-order valence-electron chi connectivity index (χ4n) is 1.49. The molecule has 0 aliphatic rings. The van der Waals surface area contributed by atoms with E-state index in [9.17, 15) is 5.11 Å². The van der Waals surface area contributed by atoms with E-state index in [1.807, 2.05) is 5.51 Å². The molecule has 74 valence electrons. The summed E-state index contributed by atoms with van der Waals surface area (Å²) in [7, 11) is 0. The number of aliphatic hydroxyl groups is 1. The molecule has 1 aromatic rings. The van der Waals surface area contributed by atoms with Gasteiger partial charge in [0, 0.05) is 12.0 Å². The molecule has 0 spiro atoms. The Morgan fingerprint density at radius 2 is 2.15 bits per heavy atom. The minimum atomic E-state index is 0.0497. The first-order valence-electron chi connectivity index (χ1n) is 4.74. The van der Waals surface area contributed by atoms with Crippen molar-refractivity contribution < 1.29 is 5.11 Å². The van der Waals surface area contributed by atoms with Gasteiger partial charge in [-0.2, -0.15) is 0 Å². The Hall–Kier alpha value is -0.410. The van der Waals surface area contributed by atoms with E-state index in [2.05, 4.69) is 24.2 Å². The van der Waals surface area contributed by atoms with Crippen LogP contribution < -0.4 is 0 Å². The Labute approximate surface area is 83.6 Å². The van der Waals surface area contributed by atoms with Gasteiger partial charge in [-0.05, 0) is 24.7 Å². The SMILES string of the molecule is CCC(CC)(CO)Cc1cscn1. The average Bonchev–Trinajstić information content (AvgIpc) is 2.67. The molecule has 0 saturated carbocycles. The van der Waals surface area contributed by atoms with Crippen molar-refractivity contribution in [2.45, 2.75) is 33.1 Å². The number of nitrogens with zero attached hydrogens (tertiary/aromatic N) is 1. The fraction of sp³-hybridized carbons (Fsp3) is 0.700. The summed E-state index contributed by atoms with van der Waals surface area (Å²) in [6.45, 7) is 4.52. The van der Waals surface area contributed by atoms with Gasteiger partial charge in [0.25, 0.3) is 0 Å². The summed E-state index contributed by atoms with van der Waals surface area (Å²) in [5.41, 5.74) is 3.01. The van der Waals surface area contributed by atoms with Crippen LogP contribution in [0.1, 0.15) is 32.4 Å². The maximum Gasteiger partial charge on any atom is 0.0794 e. The van der Waals surface area contributed by atoms with Gasteiger partial charge in [0.1, 0.15) is 0 Å². The van der Waals surface area contributed by atoms with Crippen molar-refractivity contribution in [3.63, 3.8) is 0 Å². The summed E-state index contributed by atoms with van der Waals surface area (Å²) < 4.78 is 0. The lowest BCUT2D eigenvalue weighted by atomic mass is 9.79. The summed E-state index contributed by atoms with van der Waals surface area (Å²) in [6.07, 6.45) is 2.93. The molecule has 0 aliphatic heterocycles. The first-order chi connectivity index (χ1) is 6.26. The van der Waals surface area contributed by atoms with Crippen LogP contribution in [-0.2, 0) is 6.42 Å². The number of thiazole rings is 1. The van der Waals surface area contributed by atoms with Crippen LogP contribution in [0.15, 0.2) is 10.9 Å². The Morgan fingerprint density at radius 3 is 2.54 bits per heavy atom. The van der Waals surface area contributed by atoms with E-state index in [1.165, 1.54) is 0 Å². The molecule has 0 fully saturated rings. The smallest absolute Gasteiger partial charge is 0.0794 e.